The zero-order valence-electron chi connectivity index (χ0n) is 15.0. The second-order valence-corrected chi connectivity index (χ2v) is 5.61. The molecule has 1 heterocycles. The molecule has 0 unspecified atom stereocenters. The van der Waals surface area contributed by atoms with Gasteiger partial charge in [-0.15, -0.1) is 0 Å². The zero-order valence-corrected chi connectivity index (χ0v) is 15.0. The molecule has 0 aliphatic rings. The molecule has 5 nitrogen and oxygen atoms in total. The summed E-state index contributed by atoms with van der Waals surface area (Å²) in [6.07, 6.45) is 0. The van der Waals surface area contributed by atoms with Crippen molar-refractivity contribution < 1.29 is 18.9 Å². The van der Waals surface area contributed by atoms with Crippen molar-refractivity contribution in [1.82, 2.24) is 4.98 Å². The van der Waals surface area contributed by atoms with E-state index in [0.717, 1.165) is 27.7 Å². The molecular formula is C20H21NO4. The molecule has 25 heavy (non-hydrogen) atoms. The van der Waals surface area contributed by atoms with Crippen LogP contribution in [-0.4, -0.2) is 33.4 Å². The third-order valence-electron chi connectivity index (χ3n) is 4.12. The van der Waals surface area contributed by atoms with Crippen molar-refractivity contribution in [3.05, 3.63) is 42.1 Å². The Morgan fingerprint density at radius 1 is 0.680 bits per heavy atom. The number of hydrogen-bond acceptors (Lipinski definition) is 5. The average Bonchev–Trinajstić information content (AvgIpc) is 2.65. The van der Waals surface area contributed by atoms with Crippen molar-refractivity contribution in [2.75, 3.05) is 28.4 Å². The highest BCUT2D eigenvalue weighted by Gasteiger charge is 2.14. The highest BCUT2D eigenvalue weighted by atomic mass is 16.5. The van der Waals surface area contributed by atoms with Crippen LogP contribution in [0.3, 0.4) is 0 Å². The molecule has 0 aliphatic carbocycles. The predicted octanol–water partition coefficient (Wildman–Crippen LogP) is 4.24. The summed E-state index contributed by atoms with van der Waals surface area (Å²) in [6, 6.07) is 11.7. The number of methoxy groups -OCH3 is 4. The fourth-order valence-electron chi connectivity index (χ4n) is 2.92. The SMILES string of the molecule is COc1ccc(-c2nc(C)cc3cc(OC)c(OC)cc23)cc1OC. The van der Waals surface area contributed by atoms with E-state index in [1.165, 1.54) is 0 Å². The number of rotatable bonds is 5. The second-order valence-electron chi connectivity index (χ2n) is 5.61. The minimum atomic E-state index is 0.664. The molecule has 1 aromatic heterocycles. The number of fused-ring (bicyclic) bond motifs is 1. The molecule has 0 fully saturated rings. The number of nitrogens with zero attached hydrogens (tertiary/aromatic N) is 1. The maximum absolute atomic E-state index is 5.45. The Bertz CT molecular complexity index is 921. The Balaban J connectivity index is 2.28. The molecule has 5 heteroatoms. The van der Waals surface area contributed by atoms with E-state index >= 15 is 0 Å². The summed E-state index contributed by atoms with van der Waals surface area (Å²) in [7, 11) is 6.50. The summed E-state index contributed by atoms with van der Waals surface area (Å²) in [5, 5.41) is 2.02. The van der Waals surface area contributed by atoms with Crippen molar-refractivity contribution in [3.63, 3.8) is 0 Å². The molecule has 3 aromatic rings. The van der Waals surface area contributed by atoms with E-state index in [9.17, 15) is 0 Å². The second kappa shape index (κ2) is 6.89. The monoisotopic (exact) mass is 339 g/mol. The topological polar surface area (TPSA) is 49.8 Å². The predicted molar refractivity (Wildman–Crippen MR) is 98.1 cm³/mol. The van der Waals surface area contributed by atoms with Crippen molar-refractivity contribution in [2.24, 2.45) is 0 Å². The summed E-state index contributed by atoms with van der Waals surface area (Å²) in [6.45, 7) is 1.97. The number of aromatic nitrogens is 1. The molecule has 0 bridgehead atoms. The number of aryl methyl sites for hydroxylation is 1. The molecule has 0 aliphatic heterocycles. The Morgan fingerprint density at radius 3 is 1.92 bits per heavy atom. The standard InChI is InChI=1S/C20H21NO4/c1-12-8-14-10-18(24-4)19(25-5)11-15(14)20(21-12)13-6-7-16(22-2)17(9-13)23-3/h6-11H,1-5H3. The van der Waals surface area contributed by atoms with Crippen LogP contribution < -0.4 is 18.9 Å². The molecule has 0 amide bonds. The molecule has 0 atom stereocenters. The normalized spacial score (nSPS) is 10.6. The summed E-state index contributed by atoms with van der Waals surface area (Å²) < 4.78 is 21.6. The Morgan fingerprint density at radius 2 is 1.28 bits per heavy atom. The molecule has 3 rings (SSSR count). The lowest BCUT2D eigenvalue weighted by Gasteiger charge is -2.14. The van der Waals surface area contributed by atoms with E-state index in [4.69, 9.17) is 23.9 Å². The van der Waals surface area contributed by atoms with Crippen LogP contribution in [-0.2, 0) is 0 Å². The quantitative estimate of drug-likeness (QED) is 0.696. The van der Waals surface area contributed by atoms with Crippen LogP contribution in [0.25, 0.3) is 22.0 Å². The van der Waals surface area contributed by atoms with Gasteiger partial charge in [-0.25, -0.2) is 0 Å². The van der Waals surface area contributed by atoms with Gasteiger partial charge in [0, 0.05) is 16.6 Å². The van der Waals surface area contributed by atoms with E-state index < -0.39 is 0 Å². The van der Waals surface area contributed by atoms with Crippen LogP contribution in [0.5, 0.6) is 23.0 Å². The summed E-state index contributed by atoms with van der Waals surface area (Å²) in [5.41, 5.74) is 2.72. The van der Waals surface area contributed by atoms with Crippen molar-refractivity contribution in [3.8, 4) is 34.3 Å². The van der Waals surface area contributed by atoms with Gasteiger partial charge in [-0.2, -0.15) is 0 Å². The van der Waals surface area contributed by atoms with Gasteiger partial charge in [0.25, 0.3) is 0 Å². The molecule has 0 N–H and O–H groups in total. The first-order valence-corrected chi connectivity index (χ1v) is 7.87. The van der Waals surface area contributed by atoms with Crippen molar-refractivity contribution in [1.29, 1.82) is 0 Å². The van der Waals surface area contributed by atoms with Gasteiger partial charge in [0.2, 0.25) is 0 Å². The van der Waals surface area contributed by atoms with Crippen LogP contribution in [0.2, 0.25) is 0 Å². The molecular weight excluding hydrogens is 318 g/mol. The average molecular weight is 339 g/mol. The zero-order chi connectivity index (χ0) is 18.0. The van der Waals surface area contributed by atoms with Gasteiger partial charge in [0.05, 0.1) is 34.1 Å². The van der Waals surface area contributed by atoms with Crippen LogP contribution in [0, 0.1) is 6.92 Å². The van der Waals surface area contributed by atoms with Gasteiger partial charge in [-0.05, 0) is 48.7 Å². The summed E-state index contributed by atoms with van der Waals surface area (Å²) >= 11 is 0. The number of hydrogen-bond donors (Lipinski definition) is 0. The fourth-order valence-corrected chi connectivity index (χ4v) is 2.92. The maximum Gasteiger partial charge on any atom is 0.161 e. The minimum Gasteiger partial charge on any atom is -0.493 e. The van der Waals surface area contributed by atoms with E-state index in [-0.39, 0.29) is 0 Å². The molecule has 0 saturated heterocycles. The Labute approximate surface area is 147 Å². The van der Waals surface area contributed by atoms with Crippen molar-refractivity contribution in [2.45, 2.75) is 6.92 Å². The third-order valence-corrected chi connectivity index (χ3v) is 4.12. The Hall–Kier alpha value is -2.95. The molecule has 0 radical (unpaired) electrons. The van der Waals surface area contributed by atoms with Crippen LogP contribution in [0.4, 0.5) is 0 Å². The summed E-state index contributed by atoms with van der Waals surface area (Å²) in [4.78, 5) is 4.74. The minimum absolute atomic E-state index is 0.664. The van der Waals surface area contributed by atoms with Crippen molar-refractivity contribution >= 4 is 10.8 Å². The largest absolute Gasteiger partial charge is 0.493 e. The lowest BCUT2D eigenvalue weighted by atomic mass is 10.0. The lowest BCUT2D eigenvalue weighted by molar-refractivity contribution is 0.355. The van der Waals surface area contributed by atoms with Crippen LogP contribution in [0.15, 0.2) is 36.4 Å². The Kier molecular flexibility index (Phi) is 4.65. The van der Waals surface area contributed by atoms with Gasteiger partial charge in [0.1, 0.15) is 0 Å². The molecule has 2 aromatic carbocycles. The first-order chi connectivity index (χ1) is 12.1. The number of pyridine rings is 1. The number of benzene rings is 2. The van der Waals surface area contributed by atoms with Crippen LogP contribution in [0.1, 0.15) is 5.69 Å². The smallest absolute Gasteiger partial charge is 0.161 e. The highest BCUT2D eigenvalue weighted by molar-refractivity contribution is 5.97. The first kappa shape index (κ1) is 16.9. The third kappa shape index (κ3) is 3.05. The van der Waals surface area contributed by atoms with Gasteiger partial charge in [-0.3, -0.25) is 4.98 Å². The fraction of sp³-hybridized carbons (Fsp3) is 0.250. The van der Waals surface area contributed by atoms with Gasteiger partial charge >= 0.3 is 0 Å². The van der Waals surface area contributed by atoms with Gasteiger partial charge in [0.15, 0.2) is 23.0 Å². The van der Waals surface area contributed by atoms with E-state index in [0.29, 0.717) is 23.0 Å². The molecule has 0 spiro atoms. The van der Waals surface area contributed by atoms with Crippen LogP contribution >= 0.6 is 0 Å². The highest BCUT2D eigenvalue weighted by Crippen LogP contribution is 2.38. The first-order valence-electron chi connectivity index (χ1n) is 7.87. The number of ether oxygens (including phenoxy) is 4. The maximum atomic E-state index is 5.45. The molecule has 0 saturated carbocycles. The van der Waals surface area contributed by atoms with E-state index in [2.05, 4.69) is 0 Å². The lowest BCUT2D eigenvalue weighted by Crippen LogP contribution is -1.95. The van der Waals surface area contributed by atoms with E-state index in [1.54, 1.807) is 28.4 Å². The summed E-state index contributed by atoms with van der Waals surface area (Å²) in [5.74, 6) is 2.71. The van der Waals surface area contributed by atoms with Gasteiger partial charge in [-0.1, -0.05) is 0 Å². The molecule has 130 valence electrons. The van der Waals surface area contributed by atoms with Gasteiger partial charge < -0.3 is 18.9 Å². The van der Waals surface area contributed by atoms with E-state index in [1.807, 2.05) is 43.3 Å².